The predicted molar refractivity (Wildman–Crippen MR) is 106 cm³/mol. The van der Waals surface area contributed by atoms with E-state index in [1.54, 1.807) is 6.07 Å². The van der Waals surface area contributed by atoms with Gasteiger partial charge in [0.15, 0.2) is 0 Å². The van der Waals surface area contributed by atoms with Gasteiger partial charge in [0, 0.05) is 12.0 Å². The Morgan fingerprint density at radius 3 is 2.48 bits per heavy atom. The second kappa shape index (κ2) is 7.64. The molecule has 5 nitrogen and oxygen atoms in total. The molecule has 1 aromatic heterocycles. The van der Waals surface area contributed by atoms with Gasteiger partial charge >= 0.3 is 13.5 Å². The van der Waals surface area contributed by atoms with Crippen molar-refractivity contribution in [3.8, 4) is 10.4 Å². The Hall–Kier alpha value is -2.47. The molecule has 0 radical (unpaired) electrons. The van der Waals surface area contributed by atoms with Gasteiger partial charge in [0.2, 0.25) is 0 Å². The normalized spacial score (nSPS) is 13.1. The smallest absolute Gasteiger partial charge is 0.348 e. The second-order valence-corrected chi connectivity index (χ2v) is 9.11. The fourth-order valence-electron chi connectivity index (χ4n) is 2.53. The average molecular weight is 405 g/mol. The van der Waals surface area contributed by atoms with Crippen molar-refractivity contribution in [2.24, 2.45) is 0 Å². The zero-order valence-electron chi connectivity index (χ0n) is 14.6. The first kappa shape index (κ1) is 19.3. The van der Waals surface area contributed by atoms with Crippen LogP contribution in [0, 0.1) is 12.7 Å². The number of anilines is 1. The molecule has 0 saturated carbocycles. The zero-order chi connectivity index (χ0) is 19.6. The van der Waals surface area contributed by atoms with E-state index in [0.29, 0.717) is 4.88 Å². The quantitative estimate of drug-likeness (QED) is 0.556. The van der Waals surface area contributed by atoms with Crippen LogP contribution in [0.4, 0.5) is 10.1 Å². The molecule has 0 fully saturated rings. The SMILES string of the molecule is COP(=O)(Nc1cc(-c2ccc(C)cc2)sc1C(=O)O)c1cccc(F)c1. The summed E-state index contributed by atoms with van der Waals surface area (Å²) in [6, 6.07) is 14.5. The van der Waals surface area contributed by atoms with Gasteiger partial charge in [-0.2, -0.15) is 0 Å². The highest BCUT2D eigenvalue weighted by Gasteiger charge is 2.28. The van der Waals surface area contributed by atoms with Gasteiger partial charge in [-0.25, -0.2) is 9.18 Å². The summed E-state index contributed by atoms with van der Waals surface area (Å²) in [5.74, 6) is -1.71. The molecule has 0 amide bonds. The van der Waals surface area contributed by atoms with Crippen LogP contribution in [0.2, 0.25) is 0 Å². The molecule has 1 atom stereocenters. The third-order valence-electron chi connectivity index (χ3n) is 3.94. The van der Waals surface area contributed by atoms with E-state index in [4.69, 9.17) is 4.52 Å². The average Bonchev–Trinajstić information content (AvgIpc) is 3.06. The molecule has 0 spiro atoms. The van der Waals surface area contributed by atoms with E-state index < -0.39 is 19.3 Å². The Balaban J connectivity index is 2.03. The van der Waals surface area contributed by atoms with Crippen LogP contribution in [0.1, 0.15) is 15.2 Å². The molecule has 8 heteroatoms. The molecule has 0 aliphatic carbocycles. The van der Waals surface area contributed by atoms with Gasteiger partial charge in [-0.1, -0.05) is 35.9 Å². The van der Waals surface area contributed by atoms with Crippen LogP contribution in [0.3, 0.4) is 0 Å². The number of carbonyl (C=O) groups is 1. The van der Waals surface area contributed by atoms with Gasteiger partial charge in [-0.3, -0.25) is 4.57 Å². The highest BCUT2D eigenvalue weighted by Crippen LogP contribution is 2.48. The summed E-state index contributed by atoms with van der Waals surface area (Å²) < 4.78 is 31.9. The van der Waals surface area contributed by atoms with Crippen molar-refractivity contribution in [1.82, 2.24) is 0 Å². The molecule has 1 unspecified atom stereocenters. The van der Waals surface area contributed by atoms with Crippen molar-refractivity contribution in [2.75, 3.05) is 12.2 Å². The van der Waals surface area contributed by atoms with E-state index in [-0.39, 0.29) is 15.9 Å². The number of thiophene rings is 1. The maximum Gasteiger partial charge on any atom is 0.348 e. The number of hydrogen-bond acceptors (Lipinski definition) is 4. The van der Waals surface area contributed by atoms with Crippen LogP contribution in [0.25, 0.3) is 10.4 Å². The van der Waals surface area contributed by atoms with Gasteiger partial charge in [-0.05, 0) is 36.8 Å². The topological polar surface area (TPSA) is 75.6 Å². The molecule has 2 N–H and O–H groups in total. The molecule has 3 rings (SSSR count). The number of nitrogens with one attached hydrogen (secondary N) is 1. The number of rotatable bonds is 6. The molecular weight excluding hydrogens is 388 g/mol. The van der Waals surface area contributed by atoms with Crippen molar-refractivity contribution in [1.29, 1.82) is 0 Å². The number of carboxylic acids is 1. The van der Waals surface area contributed by atoms with Crippen LogP contribution < -0.4 is 10.4 Å². The minimum absolute atomic E-state index is 0.000692. The Labute approximate surface area is 159 Å². The molecule has 0 aliphatic rings. The maximum atomic E-state index is 13.5. The van der Waals surface area contributed by atoms with E-state index in [9.17, 15) is 18.9 Å². The Morgan fingerprint density at radius 2 is 1.89 bits per heavy atom. The minimum Gasteiger partial charge on any atom is -0.477 e. The summed E-state index contributed by atoms with van der Waals surface area (Å²) in [6.07, 6.45) is 0. The molecule has 0 saturated heterocycles. The number of aromatic carboxylic acids is 1. The van der Waals surface area contributed by atoms with Crippen LogP contribution in [0.5, 0.6) is 0 Å². The first-order chi connectivity index (χ1) is 12.8. The molecule has 1 heterocycles. The largest absolute Gasteiger partial charge is 0.477 e. The van der Waals surface area contributed by atoms with E-state index >= 15 is 0 Å². The fourth-order valence-corrected chi connectivity index (χ4v) is 5.06. The molecule has 0 bridgehead atoms. The van der Waals surface area contributed by atoms with E-state index in [1.807, 2.05) is 31.2 Å². The first-order valence-electron chi connectivity index (χ1n) is 7.97. The van der Waals surface area contributed by atoms with Gasteiger partial charge < -0.3 is 14.7 Å². The lowest BCUT2D eigenvalue weighted by Crippen LogP contribution is -2.14. The van der Waals surface area contributed by atoms with Crippen LogP contribution in [-0.2, 0) is 9.09 Å². The van der Waals surface area contributed by atoms with E-state index in [2.05, 4.69) is 5.09 Å². The molecular formula is C19H17FNO4PS. The van der Waals surface area contributed by atoms with Crippen molar-refractivity contribution in [3.63, 3.8) is 0 Å². The fraction of sp³-hybridized carbons (Fsp3) is 0.105. The van der Waals surface area contributed by atoms with Crippen molar-refractivity contribution in [3.05, 3.63) is 70.9 Å². The number of benzene rings is 2. The highest BCUT2D eigenvalue weighted by atomic mass is 32.1. The monoisotopic (exact) mass is 405 g/mol. The third kappa shape index (κ3) is 4.11. The maximum absolute atomic E-state index is 13.5. The van der Waals surface area contributed by atoms with E-state index in [0.717, 1.165) is 28.5 Å². The summed E-state index contributed by atoms with van der Waals surface area (Å²) in [4.78, 5) is 12.4. The van der Waals surface area contributed by atoms with E-state index in [1.165, 1.54) is 25.3 Å². The second-order valence-electron chi connectivity index (χ2n) is 5.85. The predicted octanol–water partition coefficient (Wildman–Crippen LogP) is 5.14. The lowest BCUT2D eigenvalue weighted by Gasteiger charge is -2.18. The number of hydrogen-bond donors (Lipinski definition) is 2. The zero-order valence-corrected chi connectivity index (χ0v) is 16.3. The van der Waals surface area contributed by atoms with Gasteiger partial charge in [-0.15, -0.1) is 11.3 Å². The van der Waals surface area contributed by atoms with Crippen LogP contribution >= 0.6 is 18.9 Å². The minimum atomic E-state index is -3.70. The van der Waals surface area contributed by atoms with Crippen molar-refractivity contribution < 1.29 is 23.4 Å². The Kier molecular flexibility index (Phi) is 5.46. The lowest BCUT2D eigenvalue weighted by atomic mass is 10.1. The van der Waals surface area contributed by atoms with Gasteiger partial charge in [0.1, 0.15) is 10.7 Å². The number of halogens is 1. The number of aryl methyl sites for hydroxylation is 1. The standard InChI is InChI=1S/C19H17FNO4PS/c1-12-6-8-13(9-7-12)17-11-16(18(27-17)19(22)23)21-26(24,25-2)15-5-3-4-14(20)10-15/h3-11H,1-2H3,(H,21,24)(H,22,23). The highest BCUT2D eigenvalue weighted by molar-refractivity contribution is 7.68. The Bertz CT molecular complexity index is 1030. The summed E-state index contributed by atoms with van der Waals surface area (Å²) in [5, 5.41) is 12.3. The van der Waals surface area contributed by atoms with Crippen molar-refractivity contribution >= 4 is 35.8 Å². The Morgan fingerprint density at radius 1 is 1.19 bits per heavy atom. The molecule has 3 aromatic rings. The molecule has 2 aromatic carbocycles. The molecule has 27 heavy (non-hydrogen) atoms. The molecule has 140 valence electrons. The van der Waals surface area contributed by atoms with Gasteiger partial charge in [0.25, 0.3) is 0 Å². The van der Waals surface area contributed by atoms with Crippen LogP contribution in [0.15, 0.2) is 54.6 Å². The molecule has 0 aliphatic heterocycles. The van der Waals surface area contributed by atoms with Crippen LogP contribution in [-0.4, -0.2) is 18.2 Å². The number of carboxylic acid groups (broad SMARTS) is 1. The summed E-state index contributed by atoms with van der Waals surface area (Å²) in [5.41, 5.74) is 2.10. The summed E-state index contributed by atoms with van der Waals surface area (Å²) in [6.45, 7) is 1.96. The summed E-state index contributed by atoms with van der Waals surface area (Å²) in [7, 11) is -2.47. The summed E-state index contributed by atoms with van der Waals surface area (Å²) >= 11 is 1.06. The first-order valence-corrected chi connectivity index (χ1v) is 10.4. The van der Waals surface area contributed by atoms with Crippen molar-refractivity contribution in [2.45, 2.75) is 6.92 Å². The van der Waals surface area contributed by atoms with Gasteiger partial charge in [0.05, 0.1) is 11.0 Å². The third-order valence-corrected chi connectivity index (χ3v) is 7.11. The lowest BCUT2D eigenvalue weighted by molar-refractivity contribution is 0.0703.